The number of hydrogen-bond donors (Lipinski definition) is 2. The van der Waals surface area contributed by atoms with Gasteiger partial charge in [0, 0.05) is 28.7 Å². The van der Waals surface area contributed by atoms with Crippen molar-refractivity contribution in [2.24, 2.45) is 0 Å². The second-order valence-corrected chi connectivity index (χ2v) is 6.70. The zero-order valence-electron chi connectivity index (χ0n) is 13.5. The third kappa shape index (κ3) is 3.02. The Morgan fingerprint density at radius 2 is 2.00 bits per heavy atom. The van der Waals surface area contributed by atoms with E-state index in [2.05, 4.69) is 10.3 Å². The molecule has 3 aromatic rings. The van der Waals surface area contributed by atoms with Gasteiger partial charge in [-0.3, -0.25) is 4.79 Å². The number of aromatic amines is 1. The summed E-state index contributed by atoms with van der Waals surface area (Å²) in [6, 6.07) is 11.9. The first kappa shape index (κ1) is 16.5. The molecule has 0 aliphatic rings. The van der Waals surface area contributed by atoms with Crippen molar-refractivity contribution in [3.05, 3.63) is 70.6 Å². The molecule has 2 N–H and O–H groups in total. The molecular formula is C19H18ClFN2O. The van der Waals surface area contributed by atoms with Crippen molar-refractivity contribution in [1.82, 2.24) is 10.3 Å². The van der Waals surface area contributed by atoms with Gasteiger partial charge >= 0.3 is 0 Å². The van der Waals surface area contributed by atoms with Crippen molar-refractivity contribution in [3.63, 3.8) is 0 Å². The fourth-order valence-electron chi connectivity index (χ4n) is 2.78. The van der Waals surface area contributed by atoms with Crippen LogP contribution in [0, 0.1) is 5.82 Å². The highest BCUT2D eigenvalue weighted by atomic mass is 35.5. The number of H-pyrrole nitrogens is 1. The molecule has 0 saturated carbocycles. The summed E-state index contributed by atoms with van der Waals surface area (Å²) in [7, 11) is 0. The summed E-state index contributed by atoms with van der Waals surface area (Å²) in [4.78, 5) is 15.7. The molecule has 2 aromatic carbocycles. The van der Waals surface area contributed by atoms with Gasteiger partial charge in [0.2, 0.25) is 5.91 Å². The van der Waals surface area contributed by atoms with E-state index < -0.39 is 5.41 Å². The molecule has 3 rings (SSSR count). The molecule has 0 fully saturated rings. The van der Waals surface area contributed by atoms with Crippen molar-refractivity contribution in [3.8, 4) is 0 Å². The van der Waals surface area contributed by atoms with E-state index in [9.17, 15) is 9.18 Å². The molecule has 3 nitrogen and oxygen atoms in total. The van der Waals surface area contributed by atoms with E-state index in [-0.39, 0.29) is 11.7 Å². The molecule has 5 heteroatoms. The fraction of sp³-hybridized carbons (Fsp3) is 0.211. The molecule has 1 heterocycles. The molecule has 0 radical (unpaired) electrons. The van der Waals surface area contributed by atoms with Crippen LogP contribution in [0.25, 0.3) is 10.9 Å². The van der Waals surface area contributed by atoms with E-state index in [0.29, 0.717) is 17.1 Å². The van der Waals surface area contributed by atoms with Crippen molar-refractivity contribution < 1.29 is 9.18 Å². The number of amides is 1. The normalized spacial score (nSPS) is 11.7. The van der Waals surface area contributed by atoms with Gasteiger partial charge < -0.3 is 10.3 Å². The zero-order chi connectivity index (χ0) is 17.3. The van der Waals surface area contributed by atoms with Crippen molar-refractivity contribution >= 4 is 28.4 Å². The molecule has 124 valence electrons. The lowest BCUT2D eigenvalue weighted by molar-refractivity contribution is -0.125. The van der Waals surface area contributed by atoms with Gasteiger partial charge in [-0.25, -0.2) is 4.39 Å². The molecule has 0 aliphatic carbocycles. The Labute approximate surface area is 144 Å². The molecule has 0 saturated heterocycles. The van der Waals surface area contributed by atoms with Crippen LogP contribution >= 0.6 is 11.6 Å². The summed E-state index contributed by atoms with van der Waals surface area (Å²) < 4.78 is 13.3. The number of hydrogen-bond acceptors (Lipinski definition) is 1. The summed E-state index contributed by atoms with van der Waals surface area (Å²) in [5, 5.41) is 4.40. The first-order valence-corrected chi connectivity index (χ1v) is 8.06. The van der Waals surface area contributed by atoms with Gasteiger partial charge in [-0.15, -0.1) is 0 Å². The van der Waals surface area contributed by atoms with Crippen molar-refractivity contribution in [2.75, 3.05) is 0 Å². The van der Waals surface area contributed by atoms with Gasteiger partial charge in [0.05, 0.1) is 5.41 Å². The summed E-state index contributed by atoms with van der Waals surface area (Å²) in [6.45, 7) is 4.06. The van der Waals surface area contributed by atoms with Crippen LogP contribution in [0.2, 0.25) is 5.02 Å². The lowest BCUT2D eigenvalue weighted by Gasteiger charge is -2.23. The van der Waals surface area contributed by atoms with Crippen LogP contribution in [-0.2, 0) is 16.8 Å². The van der Waals surface area contributed by atoms with Crippen LogP contribution < -0.4 is 5.32 Å². The number of nitrogens with one attached hydrogen (secondary N) is 2. The molecular weight excluding hydrogens is 327 g/mol. The van der Waals surface area contributed by atoms with E-state index in [1.807, 2.05) is 32.0 Å². The van der Waals surface area contributed by atoms with Gasteiger partial charge in [-0.2, -0.15) is 0 Å². The van der Waals surface area contributed by atoms with Gasteiger partial charge in [-0.05, 0) is 49.2 Å². The summed E-state index contributed by atoms with van der Waals surface area (Å²) in [5.41, 5.74) is 1.60. The number of fused-ring (bicyclic) bond motifs is 1. The smallest absolute Gasteiger partial charge is 0.230 e. The second-order valence-electron chi connectivity index (χ2n) is 6.29. The maximum absolute atomic E-state index is 13.3. The van der Waals surface area contributed by atoms with Crippen molar-refractivity contribution in [2.45, 2.75) is 25.8 Å². The summed E-state index contributed by atoms with van der Waals surface area (Å²) in [5.74, 6) is -0.426. The maximum Gasteiger partial charge on any atom is 0.230 e. The fourth-order valence-corrected chi connectivity index (χ4v) is 2.98. The predicted octanol–water partition coefficient (Wildman–Crippen LogP) is 4.55. The van der Waals surface area contributed by atoms with Crippen LogP contribution in [0.15, 0.2) is 48.7 Å². The molecule has 1 aromatic heterocycles. The van der Waals surface area contributed by atoms with Crippen LogP contribution in [0.5, 0.6) is 0 Å². The first-order chi connectivity index (χ1) is 11.4. The highest BCUT2D eigenvalue weighted by Gasteiger charge is 2.32. The molecule has 1 amide bonds. The van der Waals surface area contributed by atoms with Crippen LogP contribution in [0.4, 0.5) is 4.39 Å². The standard InChI is InChI=1S/C19H18ClFN2O/c1-19(2,15-11-22-17-9-13(21)7-8-14(15)17)18(24)23-10-12-5-3-4-6-16(12)20/h3-9,11,22H,10H2,1-2H3,(H,23,24). The number of carbonyl (C=O) groups is 1. The number of benzene rings is 2. The minimum atomic E-state index is -0.767. The number of rotatable bonds is 4. The molecule has 0 bridgehead atoms. The van der Waals surface area contributed by atoms with Gasteiger partial charge in [0.1, 0.15) is 5.82 Å². The predicted molar refractivity (Wildman–Crippen MR) is 94.6 cm³/mol. The quantitative estimate of drug-likeness (QED) is 0.716. The average Bonchev–Trinajstić information content (AvgIpc) is 2.97. The molecule has 0 atom stereocenters. The van der Waals surface area contributed by atoms with E-state index in [0.717, 1.165) is 16.5 Å². The third-order valence-corrected chi connectivity index (χ3v) is 4.65. The van der Waals surface area contributed by atoms with E-state index in [1.54, 1.807) is 18.3 Å². The van der Waals surface area contributed by atoms with Gasteiger partial charge in [-0.1, -0.05) is 29.8 Å². The van der Waals surface area contributed by atoms with E-state index in [1.165, 1.54) is 12.1 Å². The number of aromatic nitrogens is 1. The van der Waals surface area contributed by atoms with Gasteiger partial charge in [0.25, 0.3) is 0 Å². The zero-order valence-corrected chi connectivity index (χ0v) is 14.2. The lowest BCUT2D eigenvalue weighted by atomic mass is 9.83. The highest BCUT2D eigenvalue weighted by molar-refractivity contribution is 6.31. The monoisotopic (exact) mass is 344 g/mol. The Morgan fingerprint density at radius 3 is 2.75 bits per heavy atom. The second kappa shape index (κ2) is 6.29. The Morgan fingerprint density at radius 1 is 1.25 bits per heavy atom. The van der Waals surface area contributed by atoms with Crippen molar-refractivity contribution in [1.29, 1.82) is 0 Å². The third-order valence-electron chi connectivity index (χ3n) is 4.28. The Kier molecular flexibility index (Phi) is 4.33. The van der Waals surface area contributed by atoms with Crippen LogP contribution in [0.3, 0.4) is 0 Å². The van der Waals surface area contributed by atoms with E-state index >= 15 is 0 Å². The largest absolute Gasteiger partial charge is 0.361 e. The lowest BCUT2D eigenvalue weighted by Crippen LogP contribution is -2.39. The summed E-state index contributed by atoms with van der Waals surface area (Å²) in [6.07, 6.45) is 1.76. The van der Waals surface area contributed by atoms with E-state index in [4.69, 9.17) is 11.6 Å². The van der Waals surface area contributed by atoms with Gasteiger partial charge in [0.15, 0.2) is 0 Å². The first-order valence-electron chi connectivity index (χ1n) is 7.68. The minimum absolute atomic E-state index is 0.118. The Bertz CT molecular complexity index is 901. The topological polar surface area (TPSA) is 44.9 Å². The average molecular weight is 345 g/mol. The van der Waals surface area contributed by atoms with Crippen LogP contribution in [-0.4, -0.2) is 10.9 Å². The number of carbonyl (C=O) groups excluding carboxylic acids is 1. The maximum atomic E-state index is 13.3. The minimum Gasteiger partial charge on any atom is -0.361 e. The molecule has 0 unspecified atom stereocenters. The van der Waals surface area contributed by atoms with Crippen LogP contribution in [0.1, 0.15) is 25.0 Å². The SMILES string of the molecule is CC(C)(C(=O)NCc1ccccc1Cl)c1c[nH]c2cc(F)ccc12. The molecule has 0 spiro atoms. The Balaban J connectivity index is 1.83. The Hall–Kier alpha value is -2.33. The molecule has 24 heavy (non-hydrogen) atoms. The summed E-state index contributed by atoms with van der Waals surface area (Å²) >= 11 is 6.12. The molecule has 0 aliphatic heterocycles. The number of halogens is 2. The highest BCUT2D eigenvalue weighted by Crippen LogP contribution is 2.31.